The van der Waals surface area contributed by atoms with Crippen LogP contribution in [0.3, 0.4) is 0 Å². The lowest BCUT2D eigenvalue weighted by Crippen LogP contribution is -2.30. The molecule has 2 rings (SSSR count). The predicted molar refractivity (Wildman–Crippen MR) is 82.0 cm³/mol. The van der Waals surface area contributed by atoms with E-state index in [1.807, 2.05) is 13.0 Å². The molecular formula is C15H21ClN2O3. The lowest BCUT2D eigenvalue weighted by molar-refractivity contribution is -0.132. The van der Waals surface area contributed by atoms with Crippen molar-refractivity contribution in [1.29, 1.82) is 0 Å². The fraction of sp³-hybridized carbons (Fsp3) is 0.533. The molecule has 21 heavy (non-hydrogen) atoms. The first-order valence-corrected chi connectivity index (χ1v) is 7.33. The number of halogens is 1. The van der Waals surface area contributed by atoms with Gasteiger partial charge in [-0.3, -0.25) is 4.79 Å². The number of ether oxygens (including phenoxy) is 2. The summed E-state index contributed by atoms with van der Waals surface area (Å²) >= 11 is 6.10. The van der Waals surface area contributed by atoms with Crippen molar-refractivity contribution in [3.8, 4) is 11.5 Å². The van der Waals surface area contributed by atoms with Crippen LogP contribution in [0.25, 0.3) is 0 Å². The molecule has 1 fully saturated rings. The highest BCUT2D eigenvalue weighted by Gasteiger charge is 2.32. The number of nitrogens with zero attached hydrogens (tertiary/aromatic N) is 1. The normalized spacial score (nSPS) is 19.8. The van der Waals surface area contributed by atoms with E-state index in [-0.39, 0.29) is 11.9 Å². The van der Waals surface area contributed by atoms with Gasteiger partial charge in [0.25, 0.3) is 5.91 Å². The summed E-state index contributed by atoms with van der Waals surface area (Å²) in [5, 5.41) is 0.560. The van der Waals surface area contributed by atoms with E-state index in [0.29, 0.717) is 35.9 Å². The molecule has 1 aromatic carbocycles. The molecule has 0 aromatic heterocycles. The molecule has 0 bridgehead atoms. The van der Waals surface area contributed by atoms with Crippen LogP contribution in [0.5, 0.6) is 11.5 Å². The smallest absolute Gasteiger partial charge is 0.263 e. The van der Waals surface area contributed by atoms with Gasteiger partial charge in [0, 0.05) is 42.7 Å². The Bertz CT molecular complexity index is 534. The molecule has 0 saturated carbocycles. The van der Waals surface area contributed by atoms with E-state index in [1.165, 1.54) is 0 Å². The SMILES string of the molecule is COc1cc(Cl)cc(CC(C)N)c1OC1CCN(C)C1=O. The highest BCUT2D eigenvalue weighted by Crippen LogP contribution is 2.37. The molecule has 1 amide bonds. The quantitative estimate of drug-likeness (QED) is 0.901. The van der Waals surface area contributed by atoms with Crippen LogP contribution in [0.1, 0.15) is 18.9 Å². The second-order valence-electron chi connectivity index (χ2n) is 5.43. The lowest BCUT2D eigenvalue weighted by Gasteiger charge is -2.20. The maximum Gasteiger partial charge on any atom is 0.263 e. The summed E-state index contributed by atoms with van der Waals surface area (Å²) in [5.74, 6) is 1.08. The summed E-state index contributed by atoms with van der Waals surface area (Å²) in [4.78, 5) is 13.7. The molecule has 1 aromatic rings. The van der Waals surface area contributed by atoms with Crippen LogP contribution in [-0.2, 0) is 11.2 Å². The molecule has 2 atom stereocenters. The summed E-state index contributed by atoms with van der Waals surface area (Å²) in [5.41, 5.74) is 6.74. The Hall–Kier alpha value is -1.46. The van der Waals surface area contributed by atoms with E-state index in [0.717, 1.165) is 5.56 Å². The number of likely N-dealkylation sites (N-methyl/N-ethyl adjacent to an activating group) is 1. The van der Waals surface area contributed by atoms with Crippen molar-refractivity contribution in [2.75, 3.05) is 20.7 Å². The van der Waals surface area contributed by atoms with E-state index in [2.05, 4.69) is 0 Å². The van der Waals surface area contributed by atoms with E-state index in [1.54, 1.807) is 25.1 Å². The zero-order valence-electron chi connectivity index (χ0n) is 12.6. The molecule has 0 radical (unpaired) electrons. The molecule has 1 saturated heterocycles. The average Bonchev–Trinajstić information content (AvgIpc) is 2.72. The highest BCUT2D eigenvalue weighted by atomic mass is 35.5. The second-order valence-corrected chi connectivity index (χ2v) is 5.87. The first-order valence-electron chi connectivity index (χ1n) is 6.96. The van der Waals surface area contributed by atoms with E-state index in [9.17, 15) is 4.79 Å². The molecule has 1 heterocycles. The molecule has 2 unspecified atom stereocenters. The Kier molecular flexibility index (Phi) is 4.96. The molecule has 2 N–H and O–H groups in total. The number of benzene rings is 1. The predicted octanol–water partition coefficient (Wildman–Crippen LogP) is 1.85. The molecule has 1 aliphatic rings. The zero-order chi connectivity index (χ0) is 15.6. The van der Waals surface area contributed by atoms with E-state index < -0.39 is 6.10 Å². The number of nitrogens with two attached hydrogens (primary N) is 1. The molecule has 116 valence electrons. The molecule has 5 nitrogen and oxygen atoms in total. The summed E-state index contributed by atoms with van der Waals surface area (Å²) < 4.78 is 11.3. The maximum absolute atomic E-state index is 12.0. The van der Waals surface area contributed by atoms with Gasteiger partial charge < -0.3 is 20.1 Å². The van der Waals surface area contributed by atoms with Gasteiger partial charge in [0.2, 0.25) is 0 Å². The van der Waals surface area contributed by atoms with Gasteiger partial charge in [-0.15, -0.1) is 0 Å². The van der Waals surface area contributed by atoms with Crippen LogP contribution in [0.15, 0.2) is 12.1 Å². The minimum atomic E-state index is -0.475. The first-order chi connectivity index (χ1) is 9.92. The Morgan fingerprint density at radius 2 is 2.24 bits per heavy atom. The summed E-state index contributed by atoms with van der Waals surface area (Å²) in [6, 6.07) is 3.45. The lowest BCUT2D eigenvalue weighted by atomic mass is 10.1. The Morgan fingerprint density at radius 3 is 2.76 bits per heavy atom. The van der Waals surface area contributed by atoms with Gasteiger partial charge in [-0.05, 0) is 19.4 Å². The van der Waals surface area contributed by atoms with E-state index in [4.69, 9.17) is 26.8 Å². The van der Waals surface area contributed by atoms with Gasteiger partial charge in [0.15, 0.2) is 17.6 Å². The average molecular weight is 313 g/mol. The summed E-state index contributed by atoms with van der Waals surface area (Å²) in [7, 11) is 3.32. The highest BCUT2D eigenvalue weighted by molar-refractivity contribution is 6.30. The molecule has 6 heteroatoms. The Morgan fingerprint density at radius 1 is 1.52 bits per heavy atom. The number of carbonyl (C=O) groups is 1. The number of hydrogen-bond acceptors (Lipinski definition) is 4. The number of likely N-dealkylation sites (tertiary alicyclic amines) is 1. The second kappa shape index (κ2) is 6.54. The Balaban J connectivity index is 2.33. The monoisotopic (exact) mass is 312 g/mol. The molecule has 0 aliphatic carbocycles. The van der Waals surface area contributed by atoms with Gasteiger partial charge in [-0.2, -0.15) is 0 Å². The van der Waals surface area contributed by atoms with Crippen molar-refractivity contribution in [2.45, 2.75) is 31.9 Å². The first kappa shape index (κ1) is 15.9. The minimum Gasteiger partial charge on any atom is -0.493 e. The molecule has 1 aliphatic heterocycles. The van der Waals surface area contributed by atoms with Crippen LogP contribution in [0.2, 0.25) is 5.02 Å². The third-order valence-electron chi connectivity index (χ3n) is 3.50. The van der Waals surface area contributed by atoms with Gasteiger partial charge >= 0.3 is 0 Å². The van der Waals surface area contributed by atoms with Crippen molar-refractivity contribution in [3.05, 3.63) is 22.7 Å². The largest absolute Gasteiger partial charge is 0.493 e. The summed E-state index contributed by atoms with van der Waals surface area (Å²) in [6.07, 6.45) is 0.791. The minimum absolute atomic E-state index is 0.0150. The number of hydrogen-bond donors (Lipinski definition) is 1. The van der Waals surface area contributed by atoms with E-state index >= 15 is 0 Å². The van der Waals surface area contributed by atoms with Crippen molar-refractivity contribution >= 4 is 17.5 Å². The van der Waals surface area contributed by atoms with Crippen LogP contribution in [-0.4, -0.2) is 43.7 Å². The Labute approximate surface area is 130 Å². The van der Waals surface area contributed by atoms with Gasteiger partial charge in [0.05, 0.1) is 7.11 Å². The van der Waals surface area contributed by atoms with Crippen molar-refractivity contribution in [3.63, 3.8) is 0 Å². The van der Waals surface area contributed by atoms with Gasteiger partial charge in [0.1, 0.15) is 0 Å². The molecule has 0 spiro atoms. The van der Waals surface area contributed by atoms with Gasteiger partial charge in [-0.25, -0.2) is 0 Å². The van der Waals surface area contributed by atoms with Crippen LogP contribution >= 0.6 is 11.6 Å². The zero-order valence-corrected chi connectivity index (χ0v) is 13.3. The van der Waals surface area contributed by atoms with Gasteiger partial charge in [-0.1, -0.05) is 11.6 Å². The third-order valence-corrected chi connectivity index (χ3v) is 3.72. The number of methoxy groups -OCH3 is 1. The maximum atomic E-state index is 12.0. The number of amides is 1. The summed E-state index contributed by atoms with van der Waals surface area (Å²) in [6.45, 7) is 2.60. The molecular weight excluding hydrogens is 292 g/mol. The number of carbonyl (C=O) groups excluding carboxylic acids is 1. The number of rotatable bonds is 5. The van der Waals surface area contributed by atoms with Crippen LogP contribution in [0, 0.1) is 0 Å². The third kappa shape index (κ3) is 3.60. The standard InChI is InChI=1S/C15H21ClN2O3/c1-9(17)6-10-7-11(16)8-13(20-3)14(10)21-12-4-5-18(2)15(12)19/h7-9,12H,4-6,17H2,1-3H3. The van der Waals surface area contributed by atoms with Crippen molar-refractivity contribution < 1.29 is 14.3 Å². The van der Waals surface area contributed by atoms with Crippen LogP contribution in [0.4, 0.5) is 0 Å². The van der Waals surface area contributed by atoms with Crippen LogP contribution < -0.4 is 15.2 Å². The fourth-order valence-corrected chi connectivity index (χ4v) is 2.68. The topological polar surface area (TPSA) is 64.8 Å². The van der Waals surface area contributed by atoms with Crippen molar-refractivity contribution in [1.82, 2.24) is 4.90 Å². The van der Waals surface area contributed by atoms with Crippen molar-refractivity contribution in [2.24, 2.45) is 5.73 Å². The fourth-order valence-electron chi connectivity index (χ4n) is 2.45.